The van der Waals surface area contributed by atoms with Crippen molar-refractivity contribution in [1.29, 1.82) is 0 Å². The zero-order valence-electron chi connectivity index (χ0n) is 19.5. The topological polar surface area (TPSA) is 107 Å². The van der Waals surface area contributed by atoms with Gasteiger partial charge < -0.3 is 4.74 Å². The molecular formula is C28H19ClN2O6. The number of aryl methyl sites for hydroxylation is 1. The predicted molar refractivity (Wildman–Crippen MR) is 135 cm³/mol. The molecule has 0 unspecified atom stereocenters. The largest absolute Gasteiger partial charge is 0.425 e. The number of esters is 1. The third kappa shape index (κ3) is 3.48. The van der Waals surface area contributed by atoms with Gasteiger partial charge in [0.2, 0.25) is 11.8 Å². The lowest BCUT2D eigenvalue weighted by Gasteiger charge is -2.38. The van der Waals surface area contributed by atoms with E-state index in [0.29, 0.717) is 16.9 Å². The Morgan fingerprint density at radius 1 is 0.946 bits per heavy atom. The van der Waals surface area contributed by atoms with Gasteiger partial charge in [0.15, 0.2) is 0 Å². The molecule has 3 aromatic carbocycles. The van der Waals surface area contributed by atoms with Crippen LogP contribution in [-0.2, 0) is 14.4 Å². The summed E-state index contributed by atoms with van der Waals surface area (Å²) in [5.41, 5.74) is 2.67. The molecule has 1 aliphatic carbocycles. The molecule has 3 aliphatic rings. The first-order valence-corrected chi connectivity index (χ1v) is 12.0. The monoisotopic (exact) mass is 514 g/mol. The summed E-state index contributed by atoms with van der Waals surface area (Å²) >= 11 is 6.34. The summed E-state index contributed by atoms with van der Waals surface area (Å²) in [5.74, 6) is -4.90. The van der Waals surface area contributed by atoms with Crippen molar-refractivity contribution in [2.75, 3.05) is 4.90 Å². The molecule has 0 bridgehead atoms. The van der Waals surface area contributed by atoms with E-state index in [1.54, 1.807) is 6.07 Å². The van der Waals surface area contributed by atoms with Gasteiger partial charge in [0, 0.05) is 23.6 Å². The Morgan fingerprint density at radius 3 is 2.41 bits per heavy atom. The number of benzene rings is 3. The molecule has 0 radical (unpaired) electrons. The highest BCUT2D eigenvalue weighted by atomic mass is 35.5. The minimum atomic E-state index is -1.06. The number of nitro groups is 1. The summed E-state index contributed by atoms with van der Waals surface area (Å²) in [6.45, 7) is 1.89. The van der Waals surface area contributed by atoms with Crippen molar-refractivity contribution in [3.8, 4) is 5.75 Å². The molecule has 9 heteroatoms. The van der Waals surface area contributed by atoms with Crippen molar-refractivity contribution < 1.29 is 24.0 Å². The van der Waals surface area contributed by atoms with E-state index >= 15 is 0 Å². The fraction of sp³-hybridized carbons (Fsp3) is 0.179. The maximum absolute atomic E-state index is 14.0. The molecule has 1 fully saturated rings. The maximum Gasteiger partial charge on any atom is 0.319 e. The molecule has 0 N–H and O–H groups in total. The van der Waals surface area contributed by atoms with Crippen LogP contribution in [0.25, 0.3) is 5.57 Å². The van der Waals surface area contributed by atoms with Gasteiger partial charge in [0.25, 0.3) is 5.69 Å². The Balaban J connectivity index is 1.55. The average Bonchev–Trinajstić information content (AvgIpc) is 3.14. The van der Waals surface area contributed by atoms with Crippen LogP contribution in [0, 0.1) is 34.8 Å². The second-order valence-electron chi connectivity index (χ2n) is 9.41. The summed E-state index contributed by atoms with van der Waals surface area (Å²) in [6.07, 6.45) is 1.89. The van der Waals surface area contributed by atoms with Crippen LogP contribution in [-0.4, -0.2) is 22.7 Å². The lowest BCUT2D eigenvalue weighted by molar-refractivity contribution is -0.384. The SMILES string of the molecule is Cc1ccc2c(c1)OC(=O)[C@@H]1C2=C[C@H](c2ccccc2)[C@@H]2C(=O)N(c3cc([N+](=O)[O-])ccc3Cl)C(=O)[C@@H]12. The molecule has 0 saturated carbocycles. The Morgan fingerprint density at radius 2 is 1.68 bits per heavy atom. The Bertz CT molecular complexity index is 1550. The summed E-state index contributed by atoms with van der Waals surface area (Å²) < 4.78 is 5.65. The Kier molecular flexibility index (Phi) is 5.24. The number of nitrogens with zero attached hydrogens (tertiary/aromatic N) is 2. The highest BCUT2D eigenvalue weighted by molar-refractivity contribution is 6.36. The summed E-state index contributed by atoms with van der Waals surface area (Å²) in [6, 6.07) is 18.4. The van der Waals surface area contributed by atoms with Crippen LogP contribution >= 0.6 is 11.6 Å². The van der Waals surface area contributed by atoms with E-state index < -0.39 is 46.4 Å². The number of allylic oxidation sites excluding steroid dienone is 1. The normalized spacial score (nSPS) is 24.1. The molecule has 184 valence electrons. The molecule has 8 nitrogen and oxygen atoms in total. The summed E-state index contributed by atoms with van der Waals surface area (Å²) in [4.78, 5) is 52.9. The van der Waals surface area contributed by atoms with Crippen LogP contribution in [0.5, 0.6) is 5.75 Å². The van der Waals surface area contributed by atoms with Crippen molar-refractivity contribution in [3.63, 3.8) is 0 Å². The van der Waals surface area contributed by atoms with E-state index in [2.05, 4.69) is 0 Å². The van der Waals surface area contributed by atoms with Crippen LogP contribution in [0.1, 0.15) is 22.6 Å². The second kappa shape index (κ2) is 8.38. The number of amides is 2. The fourth-order valence-electron chi connectivity index (χ4n) is 5.69. The number of imide groups is 1. The minimum Gasteiger partial charge on any atom is -0.425 e. The standard InChI is InChI=1S/C28H19ClN2O6/c1-14-7-9-17-19-13-18(15-5-3-2-4-6-15)23-25(24(19)28(34)37-22(17)11-14)27(33)30(26(23)32)21-12-16(31(35)36)8-10-20(21)29/h2-13,18,23-25H,1H3/t18-,23+,24-,25-/m1/s1. The second-order valence-corrected chi connectivity index (χ2v) is 9.82. The number of hydrogen-bond donors (Lipinski definition) is 0. The van der Waals surface area contributed by atoms with Crippen molar-refractivity contribution in [3.05, 3.63) is 105 Å². The van der Waals surface area contributed by atoms with E-state index in [0.717, 1.165) is 22.1 Å². The highest BCUT2D eigenvalue weighted by Gasteiger charge is 2.60. The number of anilines is 1. The fourth-order valence-corrected chi connectivity index (χ4v) is 5.89. The van der Waals surface area contributed by atoms with Crippen LogP contribution in [0.15, 0.2) is 72.8 Å². The third-order valence-electron chi connectivity index (χ3n) is 7.32. The van der Waals surface area contributed by atoms with Crippen LogP contribution in [0.2, 0.25) is 5.02 Å². The Hall–Kier alpha value is -4.30. The van der Waals surface area contributed by atoms with Gasteiger partial charge in [0.05, 0.1) is 33.4 Å². The minimum absolute atomic E-state index is 0.0161. The molecule has 6 rings (SSSR count). The van der Waals surface area contributed by atoms with Crippen LogP contribution < -0.4 is 9.64 Å². The molecule has 2 aliphatic heterocycles. The van der Waals surface area contributed by atoms with Crippen molar-refractivity contribution >= 4 is 46.3 Å². The van der Waals surface area contributed by atoms with Crippen LogP contribution in [0.4, 0.5) is 11.4 Å². The van der Waals surface area contributed by atoms with E-state index in [4.69, 9.17) is 16.3 Å². The first kappa shape index (κ1) is 23.1. The molecule has 2 amide bonds. The van der Waals surface area contributed by atoms with Gasteiger partial charge in [-0.25, -0.2) is 4.90 Å². The van der Waals surface area contributed by atoms with E-state index in [9.17, 15) is 24.5 Å². The molecule has 0 aromatic heterocycles. The molecule has 1 saturated heterocycles. The third-order valence-corrected chi connectivity index (χ3v) is 7.64. The lowest BCUT2D eigenvalue weighted by Crippen LogP contribution is -2.42. The number of hydrogen-bond acceptors (Lipinski definition) is 6. The van der Waals surface area contributed by atoms with Gasteiger partial charge in [-0.3, -0.25) is 24.5 Å². The summed E-state index contributed by atoms with van der Waals surface area (Å²) in [7, 11) is 0. The van der Waals surface area contributed by atoms with Gasteiger partial charge in [-0.1, -0.05) is 60.1 Å². The van der Waals surface area contributed by atoms with Crippen molar-refractivity contribution in [1.82, 2.24) is 0 Å². The number of non-ortho nitro benzene ring substituents is 1. The zero-order valence-corrected chi connectivity index (χ0v) is 20.2. The van der Waals surface area contributed by atoms with Crippen molar-refractivity contribution in [2.24, 2.45) is 17.8 Å². The zero-order chi connectivity index (χ0) is 26.0. The number of ether oxygens (including phenoxy) is 1. The van der Waals surface area contributed by atoms with Gasteiger partial charge in [-0.05, 0) is 35.8 Å². The van der Waals surface area contributed by atoms with Gasteiger partial charge in [-0.15, -0.1) is 0 Å². The summed E-state index contributed by atoms with van der Waals surface area (Å²) in [5, 5.41) is 11.4. The molecule has 2 heterocycles. The Labute approximate surface area is 216 Å². The smallest absolute Gasteiger partial charge is 0.319 e. The number of rotatable bonds is 3. The van der Waals surface area contributed by atoms with E-state index in [1.807, 2.05) is 55.5 Å². The van der Waals surface area contributed by atoms with Crippen LogP contribution in [0.3, 0.4) is 0 Å². The highest BCUT2D eigenvalue weighted by Crippen LogP contribution is 2.55. The average molecular weight is 515 g/mol. The number of fused-ring (bicyclic) bond motifs is 5. The molecule has 0 spiro atoms. The van der Waals surface area contributed by atoms with Gasteiger partial charge in [-0.2, -0.15) is 0 Å². The number of nitro benzene ring substituents is 1. The molecule has 4 atom stereocenters. The quantitative estimate of drug-likeness (QED) is 0.159. The number of halogens is 1. The molecule has 3 aromatic rings. The predicted octanol–water partition coefficient (Wildman–Crippen LogP) is 5.08. The van der Waals surface area contributed by atoms with Gasteiger partial charge in [0.1, 0.15) is 5.75 Å². The maximum atomic E-state index is 14.0. The molecule has 37 heavy (non-hydrogen) atoms. The first-order chi connectivity index (χ1) is 17.8. The number of carbonyl (C=O) groups excluding carboxylic acids is 3. The van der Waals surface area contributed by atoms with E-state index in [-0.39, 0.29) is 16.4 Å². The molecular weight excluding hydrogens is 496 g/mol. The van der Waals surface area contributed by atoms with E-state index in [1.165, 1.54) is 12.1 Å². The van der Waals surface area contributed by atoms with Crippen molar-refractivity contribution in [2.45, 2.75) is 12.8 Å². The lowest BCUT2D eigenvalue weighted by atomic mass is 9.64. The number of carbonyl (C=O) groups is 3. The first-order valence-electron chi connectivity index (χ1n) is 11.7. The van der Waals surface area contributed by atoms with Gasteiger partial charge >= 0.3 is 5.97 Å².